The highest BCUT2D eigenvalue weighted by Gasteiger charge is 2.00. The van der Waals surface area contributed by atoms with E-state index >= 15 is 0 Å². The molecule has 3 nitrogen and oxygen atoms in total. The molecule has 0 N–H and O–H groups in total. The first-order chi connectivity index (χ1) is 5.16. The maximum atomic E-state index is 10.3. The number of hydrogen-bond donors (Lipinski definition) is 0. The third-order valence-corrected chi connectivity index (χ3v) is 1.75. The van der Waals surface area contributed by atoms with Crippen molar-refractivity contribution in [3.8, 4) is 0 Å². The van der Waals surface area contributed by atoms with Crippen LogP contribution in [0.25, 0.3) is 0 Å². The highest BCUT2D eigenvalue weighted by molar-refractivity contribution is 9.09. The number of carbonyl (C=O) groups excluding carboxylic acids is 2. The Bertz CT molecular complexity index is 136. The van der Waals surface area contributed by atoms with E-state index in [1.165, 1.54) is 6.92 Å². The van der Waals surface area contributed by atoms with Crippen molar-refractivity contribution in [2.24, 2.45) is 0 Å². The molecular weight excluding hydrogens is 212 g/mol. The van der Waals surface area contributed by atoms with E-state index in [0.717, 1.165) is 6.29 Å². The van der Waals surface area contributed by atoms with E-state index in [4.69, 9.17) is 0 Å². The molecule has 4 heteroatoms. The zero-order valence-electron chi connectivity index (χ0n) is 6.38. The average Bonchev–Trinajstić information content (AvgIpc) is 1.97. The van der Waals surface area contributed by atoms with Crippen LogP contribution in [0.4, 0.5) is 0 Å². The van der Waals surface area contributed by atoms with Crippen molar-refractivity contribution in [3.05, 3.63) is 0 Å². The van der Waals surface area contributed by atoms with Gasteiger partial charge in [-0.05, 0) is 12.8 Å². The van der Waals surface area contributed by atoms with Gasteiger partial charge in [0.15, 0.2) is 0 Å². The molecule has 0 aromatic carbocycles. The van der Waals surface area contributed by atoms with Crippen LogP contribution >= 0.6 is 15.9 Å². The second-order valence-corrected chi connectivity index (χ2v) is 3.31. The average molecular weight is 223 g/mol. The van der Waals surface area contributed by atoms with E-state index in [2.05, 4.69) is 20.7 Å². The Kier molecular flexibility index (Phi) is 6.12. The molecule has 0 saturated carbocycles. The molecule has 64 valence electrons. The molecule has 0 heterocycles. The Morgan fingerprint density at radius 2 is 2.36 bits per heavy atom. The third kappa shape index (κ3) is 7.52. The fourth-order valence-electron chi connectivity index (χ4n) is 0.562. The summed E-state index contributed by atoms with van der Waals surface area (Å²) >= 11 is 3.14. The molecule has 0 saturated heterocycles. The Labute approximate surface area is 74.2 Å². The second-order valence-electron chi connectivity index (χ2n) is 2.13. The van der Waals surface area contributed by atoms with Crippen molar-refractivity contribution in [1.29, 1.82) is 0 Å². The summed E-state index contributed by atoms with van der Waals surface area (Å²) in [6.07, 6.45) is 2.25. The fourth-order valence-corrected chi connectivity index (χ4v) is 0.886. The van der Waals surface area contributed by atoms with Crippen LogP contribution in [-0.4, -0.2) is 23.7 Å². The van der Waals surface area contributed by atoms with Gasteiger partial charge in [-0.15, -0.1) is 0 Å². The molecule has 0 aromatic heterocycles. The first-order valence-electron chi connectivity index (χ1n) is 3.39. The molecular formula is C7H11BrO3. The zero-order valence-corrected chi connectivity index (χ0v) is 7.96. The van der Waals surface area contributed by atoms with Gasteiger partial charge in [-0.1, -0.05) is 15.9 Å². The molecule has 0 rings (SSSR count). The lowest BCUT2D eigenvalue weighted by atomic mass is 10.2. The van der Waals surface area contributed by atoms with Crippen LogP contribution in [0.3, 0.4) is 0 Å². The monoisotopic (exact) mass is 222 g/mol. The summed E-state index contributed by atoms with van der Waals surface area (Å²) in [6, 6.07) is 0. The highest BCUT2D eigenvalue weighted by atomic mass is 79.9. The van der Waals surface area contributed by atoms with E-state index in [9.17, 15) is 9.59 Å². The van der Waals surface area contributed by atoms with E-state index in [1.54, 1.807) is 0 Å². The lowest BCUT2D eigenvalue weighted by Crippen LogP contribution is -2.04. The molecule has 1 atom stereocenters. The first kappa shape index (κ1) is 10.6. The molecule has 0 aliphatic heterocycles. The highest BCUT2D eigenvalue weighted by Crippen LogP contribution is 2.04. The SMILES string of the molecule is CC(=O)OCCC[C@H](Br)C=O. The van der Waals surface area contributed by atoms with E-state index in [0.29, 0.717) is 19.4 Å². The van der Waals surface area contributed by atoms with Crippen molar-refractivity contribution in [3.63, 3.8) is 0 Å². The van der Waals surface area contributed by atoms with Gasteiger partial charge < -0.3 is 9.53 Å². The largest absolute Gasteiger partial charge is 0.466 e. The van der Waals surface area contributed by atoms with Crippen molar-refractivity contribution >= 4 is 28.2 Å². The number of esters is 1. The maximum absolute atomic E-state index is 10.3. The van der Waals surface area contributed by atoms with Gasteiger partial charge in [-0.2, -0.15) is 0 Å². The predicted octanol–water partition coefficient (Wildman–Crippen LogP) is 1.29. The van der Waals surface area contributed by atoms with Crippen molar-refractivity contribution in [2.45, 2.75) is 24.6 Å². The summed E-state index contributed by atoms with van der Waals surface area (Å²) < 4.78 is 4.66. The van der Waals surface area contributed by atoms with Crippen LogP contribution in [0.2, 0.25) is 0 Å². The summed E-state index contributed by atoms with van der Waals surface area (Å²) in [5.74, 6) is -0.276. The van der Waals surface area contributed by atoms with E-state index < -0.39 is 0 Å². The van der Waals surface area contributed by atoms with Crippen LogP contribution in [0, 0.1) is 0 Å². The van der Waals surface area contributed by atoms with Crippen LogP contribution in [0.1, 0.15) is 19.8 Å². The van der Waals surface area contributed by atoms with Crippen molar-refractivity contribution in [2.75, 3.05) is 6.61 Å². The topological polar surface area (TPSA) is 43.4 Å². The number of aldehydes is 1. The Morgan fingerprint density at radius 1 is 1.73 bits per heavy atom. The first-order valence-corrected chi connectivity index (χ1v) is 4.31. The van der Waals surface area contributed by atoms with Crippen molar-refractivity contribution in [1.82, 2.24) is 0 Å². The summed E-state index contributed by atoms with van der Waals surface area (Å²) in [4.78, 5) is 20.2. The maximum Gasteiger partial charge on any atom is 0.302 e. The number of ether oxygens (including phenoxy) is 1. The Balaban J connectivity index is 3.14. The molecule has 0 aromatic rings. The molecule has 0 aliphatic carbocycles. The number of halogens is 1. The second kappa shape index (κ2) is 6.34. The van der Waals surface area contributed by atoms with Gasteiger partial charge in [0.2, 0.25) is 0 Å². The van der Waals surface area contributed by atoms with Crippen molar-refractivity contribution < 1.29 is 14.3 Å². The van der Waals surface area contributed by atoms with Crippen LogP contribution in [0.5, 0.6) is 0 Å². The van der Waals surface area contributed by atoms with Gasteiger partial charge in [0.1, 0.15) is 6.29 Å². The molecule has 0 radical (unpaired) electrons. The van der Waals surface area contributed by atoms with Gasteiger partial charge >= 0.3 is 5.97 Å². The van der Waals surface area contributed by atoms with Crippen LogP contribution in [-0.2, 0) is 14.3 Å². The molecule has 11 heavy (non-hydrogen) atoms. The lowest BCUT2D eigenvalue weighted by molar-refractivity contribution is -0.141. The summed E-state index contributed by atoms with van der Waals surface area (Å²) in [5.41, 5.74) is 0. The number of alkyl halides is 1. The van der Waals surface area contributed by atoms with E-state index in [1.807, 2.05) is 0 Å². The fraction of sp³-hybridized carbons (Fsp3) is 0.714. The zero-order chi connectivity index (χ0) is 8.69. The number of carbonyl (C=O) groups is 2. The van der Waals surface area contributed by atoms with Gasteiger partial charge in [-0.25, -0.2) is 0 Å². The lowest BCUT2D eigenvalue weighted by Gasteiger charge is -2.01. The van der Waals surface area contributed by atoms with Gasteiger partial charge in [0, 0.05) is 6.92 Å². The van der Waals surface area contributed by atoms with Gasteiger partial charge in [-0.3, -0.25) is 4.79 Å². The summed E-state index contributed by atoms with van der Waals surface area (Å²) in [6.45, 7) is 1.76. The Morgan fingerprint density at radius 3 is 2.82 bits per heavy atom. The van der Waals surface area contributed by atoms with Gasteiger partial charge in [0.25, 0.3) is 0 Å². The molecule has 0 unspecified atom stereocenters. The molecule has 0 aliphatic rings. The predicted molar refractivity (Wildman–Crippen MR) is 44.6 cm³/mol. The van der Waals surface area contributed by atoms with Gasteiger partial charge in [0.05, 0.1) is 11.4 Å². The summed E-state index contributed by atoms with van der Waals surface area (Å²) in [7, 11) is 0. The molecule has 0 spiro atoms. The normalized spacial score (nSPS) is 12.2. The smallest absolute Gasteiger partial charge is 0.302 e. The Hall–Kier alpha value is -0.380. The molecule has 0 amide bonds. The molecule has 0 fully saturated rings. The number of rotatable bonds is 5. The van der Waals surface area contributed by atoms with Crippen LogP contribution < -0.4 is 0 Å². The minimum atomic E-state index is -0.276. The minimum absolute atomic E-state index is 0.113. The van der Waals surface area contributed by atoms with Crippen LogP contribution in [0.15, 0.2) is 0 Å². The minimum Gasteiger partial charge on any atom is -0.466 e. The third-order valence-electron chi connectivity index (χ3n) is 1.08. The van der Waals surface area contributed by atoms with E-state index in [-0.39, 0.29) is 10.8 Å². The summed E-state index contributed by atoms with van der Waals surface area (Å²) in [5, 5.41) is 0. The quantitative estimate of drug-likeness (QED) is 0.305. The standard InChI is InChI=1S/C7H11BrO3/c1-6(10)11-4-2-3-7(8)5-9/h5,7H,2-4H2,1H3/t7-/m0/s1. The molecule has 0 bridgehead atoms. The number of hydrogen-bond acceptors (Lipinski definition) is 3.